The van der Waals surface area contributed by atoms with Crippen LogP contribution in [-0.2, 0) is 0 Å². The zero-order valence-corrected chi connectivity index (χ0v) is 11.0. The molecule has 3 nitrogen and oxygen atoms in total. The molecule has 18 heavy (non-hydrogen) atoms. The minimum atomic E-state index is 0.850. The first kappa shape index (κ1) is 12.0. The van der Waals surface area contributed by atoms with Crippen LogP contribution in [0.25, 0.3) is 0 Å². The van der Waals surface area contributed by atoms with Crippen LogP contribution in [0.5, 0.6) is 0 Å². The molecule has 2 aliphatic rings. The summed E-state index contributed by atoms with van der Waals surface area (Å²) < 4.78 is 0. The van der Waals surface area contributed by atoms with Crippen LogP contribution in [0.15, 0.2) is 30.3 Å². The monoisotopic (exact) mass is 245 g/mol. The lowest BCUT2D eigenvalue weighted by Gasteiger charge is -2.29. The molecule has 0 saturated carbocycles. The van der Waals surface area contributed by atoms with Gasteiger partial charge in [-0.15, -0.1) is 0 Å². The Morgan fingerprint density at radius 3 is 2.61 bits per heavy atom. The Kier molecular flexibility index (Phi) is 3.81. The number of rotatable bonds is 3. The van der Waals surface area contributed by atoms with E-state index >= 15 is 0 Å². The van der Waals surface area contributed by atoms with E-state index in [1.165, 1.54) is 44.8 Å². The molecule has 3 rings (SSSR count). The number of para-hydroxylation sites is 1. The lowest BCUT2D eigenvalue weighted by atomic mass is 10.1. The second kappa shape index (κ2) is 5.72. The Hall–Kier alpha value is -1.06. The van der Waals surface area contributed by atoms with Gasteiger partial charge in [0.1, 0.15) is 0 Å². The molecule has 2 fully saturated rings. The maximum absolute atomic E-state index is 3.42. The Morgan fingerprint density at radius 2 is 1.83 bits per heavy atom. The van der Waals surface area contributed by atoms with Crippen molar-refractivity contribution in [2.45, 2.75) is 6.42 Å². The molecule has 0 aliphatic carbocycles. The predicted molar refractivity (Wildman–Crippen MR) is 76.1 cm³/mol. The SMILES string of the molecule is c1ccc(N2CCC(CN3CCNCC3)C2)cc1. The van der Waals surface area contributed by atoms with E-state index in [9.17, 15) is 0 Å². The molecular formula is C15H23N3. The molecule has 1 N–H and O–H groups in total. The molecule has 0 aromatic heterocycles. The third-order valence-electron chi connectivity index (χ3n) is 4.13. The number of nitrogens with zero attached hydrogens (tertiary/aromatic N) is 2. The number of piperazine rings is 1. The Balaban J connectivity index is 1.52. The van der Waals surface area contributed by atoms with Crippen LogP contribution in [0.1, 0.15) is 6.42 Å². The summed E-state index contributed by atoms with van der Waals surface area (Å²) in [5.74, 6) is 0.850. The largest absolute Gasteiger partial charge is 0.371 e. The normalized spacial score (nSPS) is 25.6. The van der Waals surface area contributed by atoms with Crippen molar-refractivity contribution in [3.05, 3.63) is 30.3 Å². The number of anilines is 1. The highest BCUT2D eigenvalue weighted by molar-refractivity contribution is 5.46. The third-order valence-corrected chi connectivity index (χ3v) is 4.13. The average Bonchev–Trinajstić information content (AvgIpc) is 2.89. The molecule has 0 radical (unpaired) electrons. The number of hydrogen-bond donors (Lipinski definition) is 1. The van der Waals surface area contributed by atoms with Crippen molar-refractivity contribution in [1.82, 2.24) is 10.2 Å². The van der Waals surface area contributed by atoms with Crippen molar-refractivity contribution >= 4 is 5.69 Å². The standard InChI is InChI=1S/C15H23N3/c1-2-4-15(5-3-1)18-9-6-14(13-18)12-17-10-7-16-8-11-17/h1-5,14,16H,6-13H2. The highest BCUT2D eigenvalue weighted by atomic mass is 15.2. The van der Waals surface area contributed by atoms with Crippen LogP contribution in [0.4, 0.5) is 5.69 Å². The van der Waals surface area contributed by atoms with E-state index in [-0.39, 0.29) is 0 Å². The summed E-state index contributed by atoms with van der Waals surface area (Å²) >= 11 is 0. The van der Waals surface area contributed by atoms with Crippen LogP contribution in [0.2, 0.25) is 0 Å². The average molecular weight is 245 g/mol. The summed E-state index contributed by atoms with van der Waals surface area (Å²) in [6, 6.07) is 10.8. The van der Waals surface area contributed by atoms with E-state index in [1.54, 1.807) is 0 Å². The Morgan fingerprint density at radius 1 is 1.06 bits per heavy atom. The van der Waals surface area contributed by atoms with E-state index in [1.807, 2.05) is 0 Å². The molecule has 1 atom stereocenters. The van der Waals surface area contributed by atoms with Crippen LogP contribution < -0.4 is 10.2 Å². The van der Waals surface area contributed by atoms with E-state index < -0.39 is 0 Å². The van der Waals surface area contributed by atoms with Gasteiger partial charge in [0.15, 0.2) is 0 Å². The summed E-state index contributed by atoms with van der Waals surface area (Å²) in [5, 5.41) is 3.42. The summed E-state index contributed by atoms with van der Waals surface area (Å²) in [7, 11) is 0. The second-order valence-corrected chi connectivity index (χ2v) is 5.49. The summed E-state index contributed by atoms with van der Waals surface area (Å²) in [6.45, 7) is 8.51. The highest BCUT2D eigenvalue weighted by Crippen LogP contribution is 2.24. The third kappa shape index (κ3) is 2.85. The van der Waals surface area contributed by atoms with Crippen molar-refractivity contribution in [2.24, 2.45) is 5.92 Å². The van der Waals surface area contributed by atoms with Crippen molar-refractivity contribution in [1.29, 1.82) is 0 Å². The van der Waals surface area contributed by atoms with E-state index in [4.69, 9.17) is 0 Å². The molecule has 1 unspecified atom stereocenters. The van der Waals surface area contributed by atoms with E-state index in [0.717, 1.165) is 19.0 Å². The van der Waals surface area contributed by atoms with Gasteiger partial charge in [-0.05, 0) is 24.5 Å². The smallest absolute Gasteiger partial charge is 0.0366 e. The number of hydrogen-bond acceptors (Lipinski definition) is 3. The van der Waals surface area contributed by atoms with Gasteiger partial charge in [0.2, 0.25) is 0 Å². The topological polar surface area (TPSA) is 18.5 Å². The Bertz CT molecular complexity index is 359. The Labute approximate surface area is 110 Å². The van der Waals surface area contributed by atoms with Gasteiger partial charge in [-0.25, -0.2) is 0 Å². The molecule has 1 aromatic rings. The summed E-state index contributed by atoms with van der Waals surface area (Å²) in [6.07, 6.45) is 1.35. The second-order valence-electron chi connectivity index (χ2n) is 5.49. The highest BCUT2D eigenvalue weighted by Gasteiger charge is 2.24. The predicted octanol–water partition coefficient (Wildman–Crippen LogP) is 1.42. The summed E-state index contributed by atoms with van der Waals surface area (Å²) in [5.41, 5.74) is 1.39. The van der Waals surface area contributed by atoms with Gasteiger partial charge >= 0.3 is 0 Å². The molecular weight excluding hydrogens is 222 g/mol. The molecule has 98 valence electrons. The lowest BCUT2D eigenvalue weighted by molar-refractivity contribution is 0.212. The van der Waals surface area contributed by atoms with Crippen LogP contribution >= 0.6 is 0 Å². The van der Waals surface area contributed by atoms with Gasteiger partial charge in [-0.3, -0.25) is 0 Å². The molecule has 3 heteroatoms. The van der Waals surface area contributed by atoms with Crippen molar-refractivity contribution < 1.29 is 0 Å². The molecule has 2 aliphatic heterocycles. The van der Waals surface area contributed by atoms with Gasteiger partial charge < -0.3 is 15.1 Å². The van der Waals surface area contributed by atoms with Gasteiger partial charge in [0.05, 0.1) is 0 Å². The van der Waals surface area contributed by atoms with Crippen LogP contribution in [0, 0.1) is 5.92 Å². The van der Waals surface area contributed by atoms with Gasteiger partial charge in [-0.1, -0.05) is 18.2 Å². The molecule has 2 saturated heterocycles. The van der Waals surface area contributed by atoms with Gasteiger partial charge in [0, 0.05) is 51.5 Å². The first-order chi connectivity index (χ1) is 8.92. The van der Waals surface area contributed by atoms with Crippen molar-refractivity contribution in [3.8, 4) is 0 Å². The molecule has 2 heterocycles. The fraction of sp³-hybridized carbons (Fsp3) is 0.600. The summed E-state index contributed by atoms with van der Waals surface area (Å²) in [4.78, 5) is 5.16. The zero-order chi connectivity index (χ0) is 12.2. The first-order valence-electron chi connectivity index (χ1n) is 7.15. The maximum atomic E-state index is 3.42. The fourth-order valence-electron chi connectivity index (χ4n) is 3.11. The lowest BCUT2D eigenvalue weighted by Crippen LogP contribution is -2.45. The van der Waals surface area contributed by atoms with Crippen LogP contribution in [0.3, 0.4) is 0 Å². The molecule has 1 aromatic carbocycles. The van der Waals surface area contributed by atoms with Crippen molar-refractivity contribution in [3.63, 3.8) is 0 Å². The quantitative estimate of drug-likeness (QED) is 0.869. The molecule has 0 bridgehead atoms. The van der Waals surface area contributed by atoms with Crippen LogP contribution in [-0.4, -0.2) is 50.7 Å². The number of nitrogens with one attached hydrogen (secondary N) is 1. The minimum Gasteiger partial charge on any atom is -0.371 e. The number of benzene rings is 1. The maximum Gasteiger partial charge on any atom is 0.0366 e. The molecule has 0 amide bonds. The van der Waals surface area contributed by atoms with Crippen molar-refractivity contribution in [2.75, 3.05) is 50.7 Å². The molecule has 0 spiro atoms. The first-order valence-corrected chi connectivity index (χ1v) is 7.15. The zero-order valence-electron chi connectivity index (χ0n) is 11.0. The fourth-order valence-corrected chi connectivity index (χ4v) is 3.11. The van der Waals surface area contributed by atoms with Gasteiger partial charge in [-0.2, -0.15) is 0 Å². The minimum absolute atomic E-state index is 0.850. The van der Waals surface area contributed by atoms with E-state index in [2.05, 4.69) is 45.4 Å². The van der Waals surface area contributed by atoms with E-state index in [0.29, 0.717) is 0 Å². The van der Waals surface area contributed by atoms with Gasteiger partial charge in [0.25, 0.3) is 0 Å².